The van der Waals surface area contributed by atoms with E-state index in [0.717, 1.165) is 23.7 Å². The maximum absolute atomic E-state index is 7.56. The van der Waals surface area contributed by atoms with Gasteiger partial charge in [-0.05, 0) is 11.6 Å². The van der Waals surface area contributed by atoms with Crippen LogP contribution in [0.25, 0.3) is 0 Å². The van der Waals surface area contributed by atoms with Gasteiger partial charge in [0.2, 0.25) is 0 Å². The Labute approximate surface area is 120 Å². The molecule has 0 unspecified atom stereocenters. The number of nitrogens with zero attached hydrogens (tertiary/aromatic N) is 1. The van der Waals surface area contributed by atoms with Crippen LogP contribution in [0.15, 0.2) is 40.6 Å². The highest BCUT2D eigenvalue weighted by Gasteiger charge is 2.21. The molecule has 1 aliphatic rings. The van der Waals surface area contributed by atoms with Gasteiger partial charge in [0.05, 0.1) is 14.8 Å². The van der Waals surface area contributed by atoms with Crippen LogP contribution in [0.5, 0.6) is 0 Å². The van der Waals surface area contributed by atoms with Crippen LogP contribution < -0.4 is 10.6 Å². The van der Waals surface area contributed by atoms with Gasteiger partial charge in [-0.3, -0.25) is 5.41 Å². The first-order valence-corrected chi connectivity index (χ1v) is 7.94. The Morgan fingerprint density at radius 2 is 2.11 bits per heavy atom. The molecular weight excluding hydrogens is 274 g/mol. The normalized spacial score (nSPS) is 14.2. The second-order valence-corrected chi connectivity index (χ2v) is 6.87. The molecule has 0 bridgehead atoms. The summed E-state index contributed by atoms with van der Waals surface area (Å²) in [6, 6.07) is 12.5. The molecule has 3 nitrogen and oxygen atoms in total. The van der Waals surface area contributed by atoms with Crippen molar-refractivity contribution in [1.29, 1.82) is 5.41 Å². The topological polar surface area (TPSA) is 53.1 Å². The van der Waals surface area contributed by atoms with Crippen LogP contribution in [0, 0.1) is 5.41 Å². The van der Waals surface area contributed by atoms with Crippen molar-refractivity contribution >= 4 is 34.6 Å². The third-order valence-electron chi connectivity index (χ3n) is 3.10. The predicted octanol–water partition coefficient (Wildman–Crippen LogP) is 3.14. The Balaban J connectivity index is 1.88. The Hall–Kier alpha value is -1.46. The van der Waals surface area contributed by atoms with Crippen molar-refractivity contribution in [3.8, 4) is 0 Å². The zero-order valence-electron chi connectivity index (χ0n) is 10.4. The minimum Gasteiger partial charge on any atom is -0.383 e. The first-order valence-electron chi connectivity index (χ1n) is 6.14. The van der Waals surface area contributed by atoms with Crippen LogP contribution in [0.3, 0.4) is 0 Å². The van der Waals surface area contributed by atoms with Gasteiger partial charge in [0.15, 0.2) is 0 Å². The third-order valence-corrected chi connectivity index (χ3v) is 5.51. The number of nitrogens with one attached hydrogen (secondary N) is 1. The molecule has 3 N–H and O–H groups in total. The average Bonchev–Trinajstić information content (AvgIpc) is 2.85. The number of hydrogen-bond acceptors (Lipinski definition) is 4. The number of nitrogen functional groups attached to an aromatic ring is 1. The molecule has 3 rings (SSSR count). The van der Waals surface area contributed by atoms with E-state index in [1.54, 1.807) is 11.3 Å². The van der Waals surface area contributed by atoms with Crippen LogP contribution in [0.1, 0.15) is 10.4 Å². The van der Waals surface area contributed by atoms with Crippen molar-refractivity contribution in [2.24, 2.45) is 5.73 Å². The SMILES string of the molecule is N=C(N)c1cc2c(s1)SCCN2Cc1ccccc1. The molecule has 1 aliphatic heterocycles. The highest BCUT2D eigenvalue weighted by molar-refractivity contribution is 8.01. The lowest BCUT2D eigenvalue weighted by Crippen LogP contribution is -2.27. The van der Waals surface area contributed by atoms with Gasteiger partial charge in [0.25, 0.3) is 0 Å². The van der Waals surface area contributed by atoms with E-state index < -0.39 is 0 Å². The number of thioether (sulfide) groups is 1. The van der Waals surface area contributed by atoms with Gasteiger partial charge in [0, 0.05) is 18.8 Å². The molecule has 1 aromatic heterocycles. The van der Waals surface area contributed by atoms with E-state index in [-0.39, 0.29) is 5.84 Å². The highest BCUT2D eigenvalue weighted by atomic mass is 32.2. The van der Waals surface area contributed by atoms with Gasteiger partial charge >= 0.3 is 0 Å². The summed E-state index contributed by atoms with van der Waals surface area (Å²) in [6.07, 6.45) is 0. The minimum absolute atomic E-state index is 0.166. The molecule has 0 aliphatic carbocycles. The van der Waals surface area contributed by atoms with E-state index in [4.69, 9.17) is 11.1 Å². The second-order valence-electron chi connectivity index (χ2n) is 4.45. The number of fused-ring (bicyclic) bond motifs is 1. The van der Waals surface area contributed by atoms with E-state index in [9.17, 15) is 0 Å². The molecule has 0 amide bonds. The van der Waals surface area contributed by atoms with Gasteiger partial charge in [-0.15, -0.1) is 23.1 Å². The fourth-order valence-electron chi connectivity index (χ4n) is 2.16. The number of hydrogen-bond donors (Lipinski definition) is 2. The van der Waals surface area contributed by atoms with Crippen molar-refractivity contribution < 1.29 is 0 Å². The molecular formula is C14H15N3S2. The molecule has 1 aromatic carbocycles. The lowest BCUT2D eigenvalue weighted by Gasteiger charge is -2.28. The molecule has 19 heavy (non-hydrogen) atoms. The molecule has 0 spiro atoms. The smallest absolute Gasteiger partial charge is 0.133 e. The highest BCUT2D eigenvalue weighted by Crippen LogP contribution is 2.41. The van der Waals surface area contributed by atoms with E-state index in [2.05, 4.69) is 35.2 Å². The van der Waals surface area contributed by atoms with Crippen molar-refractivity contribution in [3.63, 3.8) is 0 Å². The summed E-state index contributed by atoms with van der Waals surface area (Å²) in [6.45, 7) is 1.96. The van der Waals surface area contributed by atoms with Crippen molar-refractivity contribution in [3.05, 3.63) is 46.8 Å². The Morgan fingerprint density at radius 3 is 2.84 bits per heavy atom. The average molecular weight is 289 g/mol. The van der Waals surface area contributed by atoms with Crippen LogP contribution in [0.2, 0.25) is 0 Å². The number of rotatable bonds is 3. The monoisotopic (exact) mass is 289 g/mol. The van der Waals surface area contributed by atoms with Crippen LogP contribution in [-0.2, 0) is 6.54 Å². The number of thiophene rings is 1. The van der Waals surface area contributed by atoms with E-state index in [1.165, 1.54) is 15.5 Å². The third kappa shape index (κ3) is 2.62. The molecule has 0 atom stereocenters. The molecule has 0 saturated carbocycles. The van der Waals surface area contributed by atoms with Crippen molar-refractivity contribution in [2.75, 3.05) is 17.2 Å². The fraction of sp³-hybridized carbons (Fsp3) is 0.214. The Bertz CT molecular complexity index is 592. The lowest BCUT2D eigenvalue weighted by molar-refractivity contribution is 0.824. The standard InChI is InChI=1S/C14H15N3S2/c15-13(16)12-8-11-14(19-12)18-7-6-17(11)9-10-4-2-1-3-5-10/h1-5,8H,6-7,9H2,(H3,15,16). The summed E-state index contributed by atoms with van der Waals surface area (Å²) in [5, 5.41) is 7.56. The van der Waals surface area contributed by atoms with Crippen molar-refractivity contribution in [1.82, 2.24) is 0 Å². The molecule has 2 heterocycles. The first-order chi connectivity index (χ1) is 9.24. The fourth-order valence-corrected chi connectivity index (χ4v) is 4.52. The summed E-state index contributed by atoms with van der Waals surface area (Å²) in [5.74, 6) is 1.26. The van der Waals surface area contributed by atoms with E-state index >= 15 is 0 Å². The number of benzene rings is 1. The quantitative estimate of drug-likeness (QED) is 0.674. The van der Waals surface area contributed by atoms with Crippen LogP contribution >= 0.6 is 23.1 Å². The van der Waals surface area contributed by atoms with E-state index in [1.807, 2.05) is 17.8 Å². The van der Waals surface area contributed by atoms with Gasteiger partial charge in [-0.1, -0.05) is 30.3 Å². The van der Waals surface area contributed by atoms with Gasteiger partial charge in [0.1, 0.15) is 5.84 Å². The largest absolute Gasteiger partial charge is 0.383 e. The molecule has 2 aromatic rings. The number of amidine groups is 1. The molecule has 0 saturated heterocycles. The van der Waals surface area contributed by atoms with Gasteiger partial charge in [-0.2, -0.15) is 0 Å². The molecule has 0 radical (unpaired) electrons. The summed E-state index contributed by atoms with van der Waals surface area (Å²) >= 11 is 3.50. The maximum Gasteiger partial charge on any atom is 0.133 e. The number of nitrogens with two attached hydrogens (primary N) is 1. The predicted molar refractivity (Wildman–Crippen MR) is 83.6 cm³/mol. The van der Waals surface area contributed by atoms with Crippen LogP contribution in [-0.4, -0.2) is 18.1 Å². The minimum atomic E-state index is 0.166. The Kier molecular flexibility index (Phi) is 3.48. The first kappa shape index (κ1) is 12.6. The van der Waals surface area contributed by atoms with E-state index in [0.29, 0.717) is 0 Å². The summed E-state index contributed by atoms with van der Waals surface area (Å²) in [5.41, 5.74) is 8.14. The number of anilines is 1. The molecule has 98 valence electrons. The second kappa shape index (κ2) is 5.27. The van der Waals surface area contributed by atoms with Gasteiger partial charge < -0.3 is 10.6 Å². The zero-order valence-corrected chi connectivity index (χ0v) is 12.1. The van der Waals surface area contributed by atoms with Crippen LogP contribution in [0.4, 0.5) is 5.69 Å². The molecule has 5 heteroatoms. The van der Waals surface area contributed by atoms with Gasteiger partial charge in [-0.25, -0.2) is 0 Å². The summed E-state index contributed by atoms with van der Waals surface area (Å²) < 4.78 is 1.28. The van der Waals surface area contributed by atoms with Crippen molar-refractivity contribution in [2.45, 2.75) is 10.8 Å². The lowest BCUT2D eigenvalue weighted by atomic mass is 10.2. The summed E-state index contributed by atoms with van der Waals surface area (Å²) in [7, 11) is 0. The summed E-state index contributed by atoms with van der Waals surface area (Å²) in [4.78, 5) is 3.25. The Morgan fingerprint density at radius 1 is 1.32 bits per heavy atom. The molecule has 0 fully saturated rings. The zero-order chi connectivity index (χ0) is 13.2. The maximum atomic E-state index is 7.56.